The lowest BCUT2D eigenvalue weighted by atomic mass is 9.69. The molecule has 0 saturated heterocycles. The van der Waals surface area contributed by atoms with Crippen molar-refractivity contribution >= 4 is 0 Å². The smallest absolute Gasteiger partial charge is 0.00208 e. The van der Waals surface area contributed by atoms with Gasteiger partial charge in [0.2, 0.25) is 0 Å². The van der Waals surface area contributed by atoms with E-state index in [1.165, 1.54) is 32.2 Å². The molecule has 1 N–H and O–H groups in total. The molecule has 0 aromatic rings. The molecular weight excluding hydrogens is 182 g/mol. The molecule has 0 bridgehead atoms. The van der Waals surface area contributed by atoms with Crippen LogP contribution in [-0.2, 0) is 0 Å². The Hall–Kier alpha value is -0.300. The second-order valence-corrected chi connectivity index (χ2v) is 5.42. The molecule has 88 valence electrons. The van der Waals surface area contributed by atoms with Crippen molar-refractivity contribution in [2.24, 2.45) is 23.7 Å². The number of nitrogens with one attached hydrogen (secondary N) is 1. The van der Waals surface area contributed by atoms with Crippen LogP contribution in [0.3, 0.4) is 0 Å². The van der Waals surface area contributed by atoms with Gasteiger partial charge in [-0.3, -0.25) is 0 Å². The predicted octanol–water partition coefficient (Wildman–Crippen LogP) is 3.47. The summed E-state index contributed by atoms with van der Waals surface area (Å²) in [4.78, 5) is 0. The topological polar surface area (TPSA) is 12.0 Å². The highest BCUT2D eigenvalue weighted by atomic mass is 14.8. The van der Waals surface area contributed by atoms with E-state index in [0.29, 0.717) is 0 Å². The van der Waals surface area contributed by atoms with Gasteiger partial charge in [-0.1, -0.05) is 19.9 Å². The highest BCUT2D eigenvalue weighted by Crippen LogP contribution is 2.38. The van der Waals surface area contributed by atoms with E-state index in [9.17, 15) is 0 Å². The van der Waals surface area contributed by atoms with Gasteiger partial charge >= 0.3 is 0 Å². The summed E-state index contributed by atoms with van der Waals surface area (Å²) in [5.74, 6) is 3.55. The van der Waals surface area contributed by atoms with Crippen molar-refractivity contribution < 1.29 is 0 Å². The van der Waals surface area contributed by atoms with Gasteiger partial charge in [0.1, 0.15) is 0 Å². The van der Waals surface area contributed by atoms with E-state index in [-0.39, 0.29) is 0 Å². The molecule has 0 aromatic carbocycles. The molecule has 0 heterocycles. The number of hydrogen-bond donors (Lipinski definition) is 1. The maximum absolute atomic E-state index is 3.90. The molecule has 0 aromatic heterocycles. The Morgan fingerprint density at radius 2 is 2.07 bits per heavy atom. The zero-order chi connectivity index (χ0) is 11.3. The second kappa shape index (κ2) is 6.32. The third-order valence-corrected chi connectivity index (χ3v) is 4.06. The van der Waals surface area contributed by atoms with Crippen LogP contribution in [0.2, 0.25) is 0 Å². The van der Waals surface area contributed by atoms with E-state index in [4.69, 9.17) is 0 Å². The molecule has 1 rings (SSSR count). The molecule has 1 aliphatic rings. The lowest BCUT2D eigenvalue weighted by Crippen LogP contribution is -2.33. The third kappa shape index (κ3) is 3.64. The van der Waals surface area contributed by atoms with Gasteiger partial charge in [-0.15, -0.1) is 6.58 Å². The third-order valence-electron chi connectivity index (χ3n) is 4.06. The normalized spacial score (nSPS) is 31.9. The molecule has 1 aliphatic carbocycles. The van der Waals surface area contributed by atoms with E-state index in [2.05, 4.69) is 38.9 Å². The fraction of sp³-hybridized carbons (Fsp3) is 0.857. The van der Waals surface area contributed by atoms with Crippen molar-refractivity contribution in [2.75, 3.05) is 13.6 Å². The SMILES string of the molecule is C=CCC1CC(C(C)C)CCC1CNC. The summed E-state index contributed by atoms with van der Waals surface area (Å²) in [7, 11) is 2.07. The standard InChI is InChI=1S/C14H27N/c1-5-6-13-9-12(11(2)3)7-8-14(13)10-15-4/h5,11-15H,1,6-10H2,2-4H3. The minimum absolute atomic E-state index is 0.854. The van der Waals surface area contributed by atoms with E-state index in [0.717, 1.165) is 23.7 Å². The molecule has 0 amide bonds. The van der Waals surface area contributed by atoms with Crippen LogP contribution < -0.4 is 5.32 Å². The highest BCUT2D eigenvalue weighted by Gasteiger charge is 2.30. The average molecular weight is 209 g/mol. The summed E-state index contributed by atoms with van der Waals surface area (Å²) in [5, 5.41) is 3.34. The fourth-order valence-electron chi connectivity index (χ4n) is 3.00. The maximum atomic E-state index is 3.90. The average Bonchev–Trinajstić information content (AvgIpc) is 2.21. The molecule has 0 aliphatic heterocycles. The molecule has 3 unspecified atom stereocenters. The molecule has 1 heteroatoms. The van der Waals surface area contributed by atoms with Crippen molar-refractivity contribution in [3.8, 4) is 0 Å². The van der Waals surface area contributed by atoms with Crippen LogP contribution in [0.4, 0.5) is 0 Å². The van der Waals surface area contributed by atoms with Crippen LogP contribution in [-0.4, -0.2) is 13.6 Å². The van der Waals surface area contributed by atoms with Crippen molar-refractivity contribution in [1.82, 2.24) is 5.32 Å². The first-order valence-corrected chi connectivity index (χ1v) is 6.44. The summed E-state index contributed by atoms with van der Waals surface area (Å²) in [5.41, 5.74) is 0. The molecule has 1 nitrogen and oxygen atoms in total. The molecule has 3 atom stereocenters. The van der Waals surface area contributed by atoms with Gasteiger partial charge < -0.3 is 5.32 Å². The van der Waals surface area contributed by atoms with Gasteiger partial charge in [0, 0.05) is 0 Å². The van der Waals surface area contributed by atoms with Gasteiger partial charge in [0.15, 0.2) is 0 Å². The summed E-state index contributed by atoms with van der Waals surface area (Å²) in [6, 6.07) is 0. The lowest BCUT2D eigenvalue weighted by Gasteiger charge is -2.37. The summed E-state index contributed by atoms with van der Waals surface area (Å²) >= 11 is 0. The zero-order valence-corrected chi connectivity index (χ0v) is 10.6. The Labute approximate surface area is 95.3 Å². The zero-order valence-electron chi connectivity index (χ0n) is 10.6. The van der Waals surface area contributed by atoms with Gasteiger partial charge in [-0.25, -0.2) is 0 Å². The molecule has 1 fully saturated rings. The van der Waals surface area contributed by atoms with Crippen molar-refractivity contribution in [3.05, 3.63) is 12.7 Å². The lowest BCUT2D eigenvalue weighted by molar-refractivity contribution is 0.148. The van der Waals surface area contributed by atoms with E-state index in [1.54, 1.807) is 0 Å². The van der Waals surface area contributed by atoms with Crippen LogP contribution in [0, 0.1) is 23.7 Å². The Balaban J connectivity index is 2.52. The molecule has 1 saturated carbocycles. The monoisotopic (exact) mass is 209 g/mol. The Morgan fingerprint density at radius 3 is 2.60 bits per heavy atom. The highest BCUT2D eigenvalue weighted by molar-refractivity contribution is 4.86. The molecular formula is C14H27N. The van der Waals surface area contributed by atoms with E-state index >= 15 is 0 Å². The van der Waals surface area contributed by atoms with Crippen molar-refractivity contribution in [1.29, 1.82) is 0 Å². The van der Waals surface area contributed by atoms with Crippen molar-refractivity contribution in [2.45, 2.75) is 39.5 Å². The Bertz CT molecular complexity index is 186. The quantitative estimate of drug-likeness (QED) is 0.684. The minimum atomic E-state index is 0.854. The Kier molecular flexibility index (Phi) is 5.38. The van der Waals surface area contributed by atoms with Crippen LogP contribution in [0.1, 0.15) is 39.5 Å². The minimum Gasteiger partial charge on any atom is -0.319 e. The molecule has 0 spiro atoms. The van der Waals surface area contributed by atoms with Gasteiger partial charge in [0.25, 0.3) is 0 Å². The maximum Gasteiger partial charge on any atom is -0.00208 e. The molecule has 0 radical (unpaired) electrons. The largest absolute Gasteiger partial charge is 0.319 e. The van der Waals surface area contributed by atoms with E-state index in [1.807, 2.05) is 0 Å². The van der Waals surface area contributed by atoms with Gasteiger partial charge in [-0.2, -0.15) is 0 Å². The summed E-state index contributed by atoms with van der Waals surface area (Å²) in [6.07, 6.45) is 7.56. The number of allylic oxidation sites excluding steroid dienone is 1. The molecule has 15 heavy (non-hydrogen) atoms. The first kappa shape index (κ1) is 12.8. The van der Waals surface area contributed by atoms with Gasteiger partial charge in [-0.05, 0) is 62.9 Å². The fourth-order valence-corrected chi connectivity index (χ4v) is 3.00. The van der Waals surface area contributed by atoms with E-state index < -0.39 is 0 Å². The van der Waals surface area contributed by atoms with Crippen LogP contribution in [0.15, 0.2) is 12.7 Å². The van der Waals surface area contributed by atoms with Crippen LogP contribution in [0.25, 0.3) is 0 Å². The van der Waals surface area contributed by atoms with Crippen LogP contribution >= 0.6 is 0 Å². The summed E-state index contributed by atoms with van der Waals surface area (Å²) < 4.78 is 0. The second-order valence-electron chi connectivity index (χ2n) is 5.42. The number of rotatable bonds is 5. The number of hydrogen-bond acceptors (Lipinski definition) is 1. The first-order chi connectivity index (χ1) is 7.19. The van der Waals surface area contributed by atoms with Gasteiger partial charge in [0.05, 0.1) is 0 Å². The first-order valence-electron chi connectivity index (χ1n) is 6.44. The van der Waals surface area contributed by atoms with Crippen molar-refractivity contribution in [3.63, 3.8) is 0 Å². The predicted molar refractivity (Wildman–Crippen MR) is 67.9 cm³/mol. The van der Waals surface area contributed by atoms with Crippen LogP contribution in [0.5, 0.6) is 0 Å². The Morgan fingerprint density at radius 1 is 1.33 bits per heavy atom. The summed E-state index contributed by atoms with van der Waals surface area (Å²) in [6.45, 7) is 9.82.